The third-order valence-electron chi connectivity index (χ3n) is 4.24. The van der Waals surface area contributed by atoms with E-state index in [1.165, 1.54) is 0 Å². The largest absolute Gasteiger partial charge is 0.341 e. The lowest BCUT2D eigenvalue weighted by Gasteiger charge is -2.23. The fraction of sp³-hybridized carbons (Fsp3) is 0.438. The molecular weight excluding hydrogens is 282 g/mol. The number of nitrogens with one attached hydrogen (secondary N) is 1. The molecule has 1 aromatic heterocycles. The second-order valence-electron chi connectivity index (χ2n) is 5.61. The maximum atomic E-state index is 12.6. The quantitative estimate of drug-likeness (QED) is 0.927. The molecule has 1 amide bonds. The second kappa shape index (κ2) is 5.79. The maximum absolute atomic E-state index is 12.6. The lowest BCUT2D eigenvalue weighted by molar-refractivity contribution is -0.134. The number of para-hydroxylation sites is 1. The smallest absolute Gasteiger partial charge is 0.329 e. The Morgan fingerprint density at radius 2 is 1.91 bits per heavy atom. The number of carbonyl (C=O) groups is 1. The highest BCUT2D eigenvalue weighted by molar-refractivity contribution is 5.82. The average molecular weight is 301 g/mol. The zero-order chi connectivity index (χ0) is 15.7. The number of carbonyl (C=O) groups excluding carboxylic acids is 1. The minimum Gasteiger partial charge on any atom is -0.341 e. The van der Waals surface area contributed by atoms with Gasteiger partial charge in [-0.05, 0) is 31.4 Å². The van der Waals surface area contributed by atoms with Gasteiger partial charge in [0.2, 0.25) is 5.91 Å². The molecule has 22 heavy (non-hydrogen) atoms. The lowest BCUT2D eigenvalue weighted by Crippen LogP contribution is -2.45. The van der Waals surface area contributed by atoms with Crippen molar-refractivity contribution in [3.8, 4) is 0 Å². The molecule has 3 rings (SSSR count). The summed E-state index contributed by atoms with van der Waals surface area (Å²) in [4.78, 5) is 42.0. The number of likely N-dealkylation sites (tertiary alicyclic amines) is 1. The highest BCUT2D eigenvalue weighted by Crippen LogP contribution is 2.17. The van der Waals surface area contributed by atoms with E-state index < -0.39 is 17.3 Å². The normalized spacial score (nSPS) is 16.1. The lowest BCUT2D eigenvalue weighted by atomic mass is 10.1. The third-order valence-corrected chi connectivity index (χ3v) is 4.24. The molecule has 1 aliphatic rings. The number of H-pyrrole nitrogens is 1. The minimum atomic E-state index is -0.737. The van der Waals surface area contributed by atoms with Crippen molar-refractivity contribution in [3.05, 3.63) is 45.1 Å². The molecule has 1 aromatic carbocycles. The number of rotatable bonds is 3. The van der Waals surface area contributed by atoms with Gasteiger partial charge in [0, 0.05) is 13.1 Å². The summed E-state index contributed by atoms with van der Waals surface area (Å²) in [6.45, 7) is 3.23. The third kappa shape index (κ3) is 2.34. The Labute approximate surface area is 127 Å². The molecule has 0 unspecified atom stereocenters. The Hall–Kier alpha value is -2.37. The molecule has 1 fully saturated rings. The summed E-state index contributed by atoms with van der Waals surface area (Å²) in [6.07, 6.45) is 2.37. The van der Waals surface area contributed by atoms with Crippen molar-refractivity contribution >= 4 is 16.8 Å². The summed E-state index contributed by atoms with van der Waals surface area (Å²) < 4.78 is 1.07. The van der Waals surface area contributed by atoms with Gasteiger partial charge in [0.25, 0.3) is 5.56 Å². The molecule has 0 radical (unpaired) electrons. The molecule has 1 saturated heterocycles. The number of aromatic nitrogens is 2. The summed E-state index contributed by atoms with van der Waals surface area (Å²) in [5, 5.41) is 0.426. The van der Waals surface area contributed by atoms with Crippen LogP contribution in [0.4, 0.5) is 0 Å². The van der Waals surface area contributed by atoms with Crippen molar-refractivity contribution in [2.45, 2.75) is 32.2 Å². The molecule has 6 nitrogen and oxygen atoms in total. The number of nitrogens with zero attached hydrogens (tertiary/aromatic N) is 2. The van der Waals surface area contributed by atoms with Crippen molar-refractivity contribution < 1.29 is 4.79 Å². The van der Waals surface area contributed by atoms with Crippen LogP contribution >= 0.6 is 0 Å². The summed E-state index contributed by atoms with van der Waals surface area (Å²) in [5.41, 5.74) is -0.431. The number of amides is 1. The summed E-state index contributed by atoms with van der Waals surface area (Å²) >= 11 is 0. The van der Waals surface area contributed by atoms with Gasteiger partial charge in [-0.2, -0.15) is 0 Å². The fourth-order valence-corrected chi connectivity index (χ4v) is 3.08. The molecule has 2 aromatic rings. The molecule has 0 bridgehead atoms. The van der Waals surface area contributed by atoms with E-state index in [2.05, 4.69) is 4.98 Å². The topological polar surface area (TPSA) is 75.2 Å². The van der Waals surface area contributed by atoms with Crippen LogP contribution < -0.4 is 11.2 Å². The summed E-state index contributed by atoms with van der Waals surface area (Å²) in [6, 6.07) is 6.12. The first-order chi connectivity index (χ1) is 10.6. The van der Waals surface area contributed by atoms with Crippen LogP contribution in [0.5, 0.6) is 0 Å². The molecule has 6 heteroatoms. The van der Waals surface area contributed by atoms with E-state index >= 15 is 0 Å². The standard InChI is InChI=1S/C16H19N3O3/c1-2-13(15(21)18-9-5-6-10-18)19-14(20)11-7-3-4-8-12(11)17-16(19)22/h3-4,7-8,13H,2,5-6,9-10H2,1H3,(H,17,22)/t13-/m0/s1. The molecule has 1 atom stereocenters. The van der Waals surface area contributed by atoms with Gasteiger partial charge in [0.1, 0.15) is 6.04 Å². The van der Waals surface area contributed by atoms with E-state index in [9.17, 15) is 14.4 Å². The van der Waals surface area contributed by atoms with Crippen molar-refractivity contribution in [3.63, 3.8) is 0 Å². The molecule has 1 aliphatic heterocycles. The van der Waals surface area contributed by atoms with Gasteiger partial charge in [-0.15, -0.1) is 0 Å². The van der Waals surface area contributed by atoms with Gasteiger partial charge in [0.05, 0.1) is 10.9 Å². The number of hydrogen-bond acceptors (Lipinski definition) is 3. The Balaban J connectivity index is 2.12. The molecule has 0 aliphatic carbocycles. The van der Waals surface area contributed by atoms with Crippen molar-refractivity contribution in [2.24, 2.45) is 0 Å². The van der Waals surface area contributed by atoms with E-state index in [1.807, 2.05) is 6.92 Å². The van der Waals surface area contributed by atoms with E-state index in [4.69, 9.17) is 0 Å². The zero-order valence-electron chi connectivity index (χ0n) is 12.5. The van der Waals surface area contributed by atoms with Gasteiger partial charge in [-0.25, -0.2) is 9.36 Å². The number of fused-ring (bicyclic) bond motifs is 1. The van der Waals surface area contributed by atoms with Crippen LogP contribution in [-0.4, -0.2) is 33.4 Å². The maximum Gasteiger partial charge on any atom is 0.329 e. The highest BCUT2D eigenvalue weighted by atomic mass is 16.2. The molecule has 116 valence electrons. The monoisotopic (exact) mass is 301 g/mol. The van der Waals surface area contributed by atoms with Crippen LogP contribution in [0.25, 0.3) is 10.9 Å². The van der Waals surface area contributed by atoms with E-state index in [-0.39, 0.29) is 5.91 Å². The molecular formula is C16H19N3O3. The molecule has 0 saturated carbocycles. The van der Waals surface area contributed by atoms with E-state index in [1.54, 1.807) is 29.2 Å². The SMILES string of the molecule is CC[C@@H](C(=O)N1CCCC1)n1c(=O)[nH]c2ccccc2c1=O. The van der Waals surface area contributed by atoms with Crippen LogP contribution in [0.2, 0.25) is 0 Å². The predicted octanol–water partition coefficient (Wildman–Crippen LogP) is 1.26. The Morgan fingerprint density at radius 3 is 2.59 bits per heavy atom. The fourth-order valence-electron chi connectivity index (χ4n) is 3.08. The Morgan fingerprint density at radius 1 is 1.23 bits per heavy atom. The summed E-state index contributed by atoms with van der Waals surface area (Å²) in [7, 11) is 0. The predicted molar refractivity (Wildman–Crippen MR) is 84.0 cm³/mol. The summed E-state index contributed by atoms with van der Waals surface area (Å²) in [5.74, 6) is -0.136. The van der Waals surface area contributed by atoms with Gasteiger partial charge in [-0.1, -0.05) is 19.1 Å². The number of hydrogen-bond donors (Lipinski definition) is 1. The Bertz CT molecular complexity index is 815. The van der Waals surface area contributed by atoms with Crippen LogP contribution in [-0.2, 0) is 4.79 Å². The van der Waals surface area contributed by atoms with Gasteiger partial charge < -0.3 is 9.88 Å². The van der Waals surface area contributed by atoms with Crippen molar-refractivity contribution in [1.29, 1.82) is 0 Å². The minimum absolute atomic E-state index is 0.136. The second-order valence-corrected chi connectivity index (χ2v) is 5.61. The molecule has 2 heterocycles. The number of aromatic amines is 1. The van der Waals surface area contributed by atoms with Crippen LogP contribution in [0.15, 0.2) is 33.9 Å². The van der Waals surface area contributed by atoms with E-state index in [0.717, 1.165) is 17.4 Å². The van der Waals surface area contributed by atoms with Gasteiger partial charge in [0.15, 0.2) is 0 Å². The molecule has 1 N–H and O–H groups in total. The van der Waals surface area contributed by atoms with Crippen LogP contribution in [0.3, 0.4) is 0 Å². The van der Waals surface area contributed by atoms with Crippen molar-refractivity contribution in [1.82, 2.24) is 14.5 Å². The van der Waals surface area contributed by atoms with E-state index in [0.29, 0.717) is 30.4 Å². The first-order valence-electron chi connectivity index (χ1n) is 7.66. The van der Waals surface area contributed by atoms with Crippen LogP contribution in [0.1, 0.15) is 32.2 Å². The molecule has 0 spiro atoms. The zero-order valence-corrected chi connectivity index (χ0v) is 12.5. The van der Waals surface area contributed by atoms with Gasteiger partial charge in [-0.3, -0.25) is 9.59 Å². The van der Waals surface area contributed by atoms with Crippen LogP contribution in [0, 0.1) is 0 Å². The van der Waals surface area contributed by atoms with Gasteiger partial charge >= 0.3 is 5.69 Å². The van der Waals surface area contributed by atoms with Crippen molar-refractivity contribution in [2.75, 3.05) is 13.1 Å². The first-order valence-corrected chi connectivity index (χ1v) is 7.66. The first kappa shape index (κ1) is 14.6. The Kier molecular flexibility index (Phi) is 3.83. The highest BCUT2D eigenvalue weighted by Gasteiger charge is 2.29. The average Bonchev–Trinajstić information content (AvgIpc) is 3.05. The number of benzene rings is 1.